The van der Waals surface area contributed by atoms with E-state index in [0.717, 1.165) is 25.9 Å². The van der Waals surface area contributed by atoms with Gasteiger partial charge in [-0.1, -0.05) is 24.3 Å². The number of fused-ring (bicyclic) bond motifs is 2. The molecule has 2 N–H and O–H groups in total. The number of rotatable bonds is 7. The minimum atomic E-state index is -0.868. The molecule has 31 heavy (non-hydrogen) atoms. The summed E-state index contributed by atoms with van der Waals surface area (Å²) in [5.74, 6) is -0.868. The van der Waals surface area contributed by atoms with Gasteiger partial charge in [0.2, 0.25) is 0 Å². The Kier molecular flexibility index (Phi) is 5.47. The SMILES string of the molecule is O=C(O)c1ccc(CN2[C@@H]3CC[C@H]2CC(Nc2ccc(Cn4cccn4)cc2)C3)cc1. The zero-order valence-corrected chi connectivity index (χ0v) is 17.5. The molecule has 2 fully saturated rings. The monoisotopic (exact) mass is 416 g/mol. The molecule has 0 aliphatic carbocycles. The number of aromatic nitrogens is 2. The molecule has 3 heterocycles. The Morgan fingerprint density at radius 1 is 0.968 bits per heavy atom. The van der Waals surface area contributed by atoms with E-state index in [1.54, 1.807) is 12.1 Å². The molecule has 2 bridgehead atoms. The highest BCUT2D eigenvalue weighted by molar-refractivity contribution is 5.87. The lowest BCUT2D eigenvalue weighted by Crippen LogP contribution is -2.46. The highest BCUT2D eigenvalue weighted by Crippen LogP contribution is 2.38. The van der Waals surface area contributed by atoms with Crippen LogP contribution in [-0.2, 0) is 13.1 Å². The van der Waals surface area contributed by atoms with Crippen molar-refractivity contribution in [2.75, 3.05) is 5.32 Å². The van der Waals surface area contributed by atoms with Crippen molar-refractivity contribution in [1.29, 1.82) is 0 Å². The average Bonchev–Trinajstić information content (AvgIpc) is 3.35. The lowest BCUT2D eigenvalue weighted by Gasteiger charge is -2.39. The fraction of sp³-hybridized carbons (Fsp3) is 0.360. The van der Waals surface area contributed by atoms with E-state index in [1.807, 2.05) is 35.3 Å². The fourth-order valence-corrected chi connectivity index (χ4v) is 5.14. The number of carboxylic acids is 1. The molecule has 0 saturated carbocycles. The fourth-order valence-electron chi connectivity index (χ4n) is 5.14. The van der Waals surface area contributed by atoms with Gasteiger partial charge in [-0.25, -0.2) is 4.79 Å². The topological polar surface area (TPSA) is 70.4 Å². The third-order valence-corrected chi connectivity index (χ3v) is 6.68. The molecule has 6 nitrogen and oxygen atoms in total. The van der Waals surface area contributed by atoms with Crippen molar-refractivity contribution in [1.82, 2.24) is 14.7 Å². The summed E-state index contributed by atoms with van der Waals surface area (Å²) in [4.78, 5) is 13.7. The van der Waals surface area contributed by atoms with Crippen molar-refractivity contribution >= 4 is 11.7 Å². The molecular formula is C25H28N4O2. The molecule has 2 aliphatic heterocycles. The Balaban J connectivity index is 1.17. The van der Waals surface area contributed by atoms with Gasteiger partial charge in [-0.3, -0.25) is 9.58 Å². The summed E-state index contributed by atoms with van der Waals surface area (Å²) < 4.78 is 1.94. The first-order valence-electron chi connectivity index (χ1n) is 11.0. The van der Waals surface area contributed by atoms with Crippen molar-refractivity contribution in [2.45, 2.75) is 56.9 Å². The second-order valence-electron chi connectivity index (χ2n) is 8.77. The molecular weight excluding hydrogens is 388 g/mol. The molecule has 2 aromatic carbocycles. The number of hydrogen-bond acceptors (Lipinski definition) is 4. The summed E-state index contributed by atoms with van der Waals surface area (Å²) in [5.41, 5.74) is 3.98. The van der Waals surface area contributed by atoms with Crippen LogP contribution in [0.2, 0.25) is 0 Å². The lowest BCUT2D eigenvalue weighted by atomic mass is 9.96. The smallest absolute Gasteiger partial charge is 0.335 e. The van der Waals surface area contributed by atoms with Crippen molar-refractivity contribution in [3.63, 3.8) is 0 Å². The predicted octanol–water partition coefficient (Wildman–Crippen LogP) is 4.24. The summed E-state index contributed by atoms with van der Waals surface area (Å²) in [6.45, 7) is 1.70. The second-order valence-corrected chi connectivity index (χ2v) is 8.77. The second kappa shape index (κ2) is 8.55. The Bertz CT molecular complexity index is 1000. The van der Waals surface area contributed by atoms with Crippen LogP contribution >= 0.6 is 0 Å². The summed E-state index contributed by atoms with van der Waals surface area (Å²) >= 11 is 0. The number of benzene rings is 2. The van der Waals surface area contributed by atoms with E-state index in [-0.39, 0.29) is 0 Å². The number of nitrogens with zero attached hydrogens (tertiary/aromatic N) is 3. The van der Waals surface area contributed by atoms with Gasteiger partial charge >= 0.3 is 5.97 Å². The Morgan fingerprint density at radius 3 is 2.23 bits per heavy atom. The minimum absolute atomic E-state index is 0.352. The molecule has 2 saturated heterocycles. The van der Waals surface area contributed by atoms with Crippen LogP contribution in [0.3, 0.4) is 0 Å². The van der Waals surface area contributed by atoms with E-state index in [1.165, 1.54) is 29.7 Å². The molecule has 3 aromatic rings. The van der Waals surface area contributed by atoms with E-state index < -0.39 is 5.97 Å². The van der Waals surface area contributed by atoms with Gasteiger partial charge in [0.15, 0.2) is 0 Å². The Morgan fingerprint density at radius 2 is 1.61 bits per heavy atom. The van der Waals surface area contributed by atoms with E-state index in [9.17, 15) is 4.79 Å². The van der Waals surface area contributed by atoms with Gasteiger partial charge in [0.1, 0.15) is 0 Å². The Labute approximate surface area is 182 Å². The zero-order chi connectivity index (χ0) is 21.2. The van der Waals surface area contributed by atoms with Gasteiger partial charge in [0.25, 0.3) is 0 Å². The number of hydrogen-bond donors (Lipinski definition) is 2. The molecule has 0 radical (unpaired) electrons. The Hall–Kier alpha value is -3.12. The molecule has 2 aliphatic rings. The van der Waals surface area contributed by atoms with Gasteiger partial charge in [-0.2, -0.15) is 5.10 Å². The number of aromatic carboxylic acids is 1. The van der Waals surface area contributed by atoms with Crippen LogP contribution in [0.4, 0.5) is 5.69 Å². The van der Waals surface area contributed by atoms with Gasteiger partial charge in [0, 0.05) is 42.8 Å². The van der Waals surface area contributed by atoms with Crippen LogP contribution < -0.4 is 5.32 Å². The third-order valence-electron chi connectivity index (χ3n) is 6.68. The molecule has 3 atom stereocenters. The first-order valence-corrected chi connectivity index (χ1v) is 11.0. The van der Waals surface area contributed by atoms with Gasteiger partial charge in [-0.15, -0.1) is 0 Å². The first-order chi connectivity index (χ1) is 15.1. The highest BCUT2D eigenvalue weighted by atomic mass is 16.4. The van der Waals surface area contributed by atoms with Gasteiger partial charge in [0.05, 0.1) is 12.1 Å². The van der Waals surface area contributed by atoms with E-state index in [0.29, 0.717) is 23.7 Å². The van der Waals surface area contributed by atoms with Crippen LogP contribution in [0.5, 0.6) is 0 Å². The van der Waals surface area contributed by atoms with Gasteiger partial charge in [-0.05, 0) is 67.1 Å². The van der Waals surface area contributed by atoms with Crippen LogP contribution in [0.15, 0.2) is 67.0 Å². The quantitative estimate of drug-likeness (QED) is 0.603. The number of carbonyl (C=O) groups is 1. The molecule has 1 unspecified atom stereocenters. The van der Waals surface area contributed by atoms with E-state index in [4.69, 9.17) is 5.11 Å². The molecule has 6 heteroatoms. The minimum Gasteiger partial charge on any atom is -0.478 e. The molecule has 0 amide bonds. The normalized spacial score (nSPS) is 23.0. The summed E-state index contributed by atoms with van der Waals surface area (Å²) in [6.07, 6.45) is 8.59. The summed E-state index contributed by atoms with van der Waals surface area (Å²) in [5, 5.41) is 17.1. The van der Waals surface area contributed by atoms with E-state index in [2.05, 4.69) is 39.6 Å². The van der Waals surface area contributed by atoms with Crippen molar-refractivity contribution < 1.29 is 9.90 Å². The van der Waals surface area contributed by atoms with Crippen LogP contribution in [0.25, 0.3) is 0 Å². The molecule has 0 spiro atoms. The van der Waals surface area contributed by atoms with Crippen LogP contribution in [0, 0.1) is 0 Å². The molecule has 5 rings (SSSR count). The average molecular weight is 417 g/mol. The van der Waals surface area contributed by atoms with Crippen molar-refractivity contribution in [3.8, 4) is 0 Å². The third kappa shape index (κ3) is 4.49. The van der Waals surface area contributed by atoms with Gasteiger partial charge < -0.3 is 10.4 Å². The highest BCUT2D eigenvalue weighted by Gasteiger charge is 2.40. The largest absolute Gasteiger partial charge is 0.478 e. The number of piperidine rings is 1. The van der Waals surface area contributed by atoms with E-state index >= 15 is 0 Å². The van der Waals surface area contributed by atoms with Crippen molar-refractivity contribution in [2.24, 2.45) is 0 Å². The number of nitrogens with one attached hydrogen (secondary N) is 1. The summed E-state index contributed by atoms with van der Waals surface area (Å²) in [6, 6.07) is 19.7. The maximum absolute atomic E-state index is 11.1. The maximum atomic E-state index is 11.1. The van der Waals surface area contributed by atoms with Crippen LogP contribution in [0.1, 0.15) is 47.2 Å². The zero-order valence-electron chi connectivity index (χ0n) is 17.5. The van der Waals surface area contributed by atoms with Crippen LogP contribution in [-0.4, -0.2) is 43.9 Å². The molecule has 160 valence electrons. The lowest BCUT2D eigenvalue weighted by molar-refractivity contribution is 0.0696. The molecule has 1 aromatic heterocycles. The van der Waals surface area contributed by atoms with Crippen molar-refractivity contribution in [3.05, 3.63) is 83.7 Å². The predicted molar refractivity (Wildman–Crippen MR) is 120 cm³/mol. The summed E-state index contributed by atoms with van der Waals surface area (Å²) in [7, 11) is 0. The number of carboxylic acid groups (broad SMARTS) is 1. The first kappa shape index (κ1) is 19.8. The maximum Gasteiger partial charge on any atom is 0.335 e. The standard InChI is InChI=1S/C25H28N4O2/c30-25(31)20-6-2-19(3-7-20)17-29-23-10-11-24(29)15-22(14-23)27-21-8-4-18(5-9-21)16-28-13-1-12-26-28/h1-9,12-13,22-24,27H,10-11,14-17H2,(H,30,31)/t22?,23-,24+. The number of anilines is 1.